The summed E-state index contributed by atoms with van der Waals surface area (Å²) in [5.41, 5.74) is 6.23. The molecule has 0 aromatic heterocycles. The molecule has 1 aliphatic rings. The summed E-state index contributed by atoms with van der Waals surface area (Å²) >= 11 is 0. The molecule has 3 amide bonds. The molecular formula is C18H26N3NaO4. The van der Waals surface area contributed by atoms with Crippen molar-refractivity contribution < 1.29 is 50.1 Å². The first kappa shape index (κ1) is 22.5. The van der Waals surface area contributed by atoms with Gasteiger partial charge in [0.15, 0.2) is 0 Å². The molecule has 1 atom stereocenters. The van der Waals surface area contributed by atoms with Crippen molar-refractivity contribution in [2.45, 2.75) is 44.8 Å². The Morgan fingerprint density at radius 3 is 2.54 bits per heavy atom. The van der Waals surface area contributed by atoms with Gasteiger partial charge in [-0.2, -0.15) is 0 Å². The van der Waals surface area contributed by atoms with Gasteiger partial charge in [-0.15, -0.1) is 0 Å². The molecule has 0 heterocycles. The van der Waals surface area contributed by atoms with E-state index in [0.717, 1.165) is 18.4 Å². The normalized spacial score (nSPS) is 13.8. The molecule has 1 saturated carbocycles. The van der Waals surface area contributed by atoms with Crippen LogP contribution in [0.3, 0.4) is 0 Å². The summed E-state index contributed by atoms with van der Waals surface area (Å²) in [5.74, 6) is -0.244. The SMILES string of the molecule is NC(=O)C(CCCNC(=O)OCc1ccccc1)NC(=O)CC1CC1.[H-].[Na+]. The van der Waals surface area contributed by atoms with Crippen molar-refractivity contribution in [3.63, 3.8) is 0 Å². The zero-order valence-electron chi connectivity index (χ0n) is 16.2. The molecule has 0 aliphatic heterocycles. The van der Waals surface area contributed by atoms with Crippen LogP contribution < -0.4 is 45.9 Å². The number of hydrogen-bond donors (Lipinski definition) is 3. The summed E-state index contributed by atoms with van der Waals surface area (Å²) in [6.07, 6.45) is 2.97. The van der Waals surface area contributed by atoms with Gasteiger partial charge < -0.3 is 22.5 Å². The van der Waals surface area contributed by atoms with Crippen LogP contribution in [0.1, 0.15) is 39.1 Å². The second kappa shape index (κ2) is 11.9. The van der Waals surface area contributed by atoms with Gasteiger partial charge in [0.05, 0.1) is 0 Å². The summed E-state index contributed by atoms with van der Waals surface area (Å²) in [4.78, 5) is 34.8. The van der Waals surface area contributed by atoms with E-state index in [0.29, 0.717) is 31.7 Å². The minimum Gasteiger partial charge on any atom is -1.00 e. The van der Waals surface area contributed by atoms with E-state index in [9.17, 15) is 14.4 Å². The van der Waals surface area contributed by atoms with Gasteiger partial charge in [0.2, 0.25) is 11.8 Å². The van der Waals surface area contributed by atoms with Crippen molar-refractivity contribution in [3.8, 4) is 0 Å². The smallest absolute Gasteiger partial charge is 1.00 e. The number of nitrogens with one attached hydrogen (secondary N) is 2. The molecule has 2 rings (SSSR count). The van der Waals surface area contributed by atoms with Gasteiger partial charge in [0, 0.05) is 13.0 Å². The van der Waals surface area contributed by atoms with E-state index in [1.807, 2.05) is 30.3 Å². The topological polar surface area (TPSA) is 111 Å². The van der Waals surface area contributed by atoms with Crippen molar-refractivity contribution in [1.29, 1.82) is 0 Å². The average Bonchev–Trinajstić information content (AvgIpc) is 3.40. The standard InChI is InChI=1S/C18H25N3O4.Na.H/c19-17(23)15(21-16(22)11-13-8-9-13)7-4-10-20-18(24)25-12-14-5-2-1-3-6-14;;/h1-3,5-6,13,15H,4,7-12H2,(H2,19,23)(H,20,24)(H,21,22);;/q;+1;-1. The number of amides is 3. The van der Waals surface area contributed by atoms with Crippen LogP contribution in [0.25, 0.3) is 0 Å². The molecule has 1 unspecified atom stereocenters. The van der Waals surface area contributed by atoms with E-state index < -0.39 is 18.0 Å². The van der Waals surface area contributed by atoms with Gasteiger partial charge in [0.25, 0.3) is 0 Å². The predicted molar refractivity (Wildman–Crippen MR) is 93.4 cm³/mol. The average molecular weight is 371 g/mol. The van der Waals surface area contributed by atoms with Crippen LogP contribution in [-0.4, -0.2) is 30.5 Å². The maximum atomic E-state index is 11.8. The fourth-order valence-corrected chi connectivity index (χ4v) is 2.39. The van der Waals surface area contributed by atoms with Gasteiger partial charge in [0.1, 0.15) is 12.6 Å². The van der Waals surface area contributed by atoms with Crippen LogP contribution in [-0.2, 0) is 20.9 Å². The number of alkyl carbamates (subject to hydrolysis) is 1. The van der Waals surface area contributed by atoms with Crippen LogP contribution in [0, 0.1) is 5.92 Å². The quantitative estimate of drug-likeness (QED) is 0.346. The Kier molecular flexibility index (Phi) is 10.3. The number of hydrogen-bond acceptors (Lipinski definition) is 4. The number of benzene rings is 1. The molecule has 138 valence electrons. The number of rotatable bonds is 10. The predicted octanol–water partition coefficient (Wildman–Crippen LogP) is -1.42. The molecule has 8 heteroatoms. The number of ether oxygens (including phenoxy) is 1. The first-order valence-electron chi connectivity index (χ1n) is 8.58. The first-order chi connectivity index (χ1) is 12.0. The Morgan fingerprint density at radius 2 is 1.92 bits per heavy atom. The van der Waals surface area contributed by atoms with Gasteiger partial charge >= 0.3 is 35.7 Å². The van der Waals surface area contributed by atoms with E-state index in [1.165, 1.54) is 0 Å². The maximum Gasteiger partial charge on any atom is 1.00 e. The minimum absolute atomic E-state index is 0. The zero-order chi connectivity index (χ0) is 18.1. The van der Waals surface area contributed by atoms with E-state index in [-0.39, 0.29) is 43.5 Å². The summed E-state index contributed by atoms with van der Waals surface area (Å²) in [6, 6.07) is 8.68. The molecule has 0 saturated heterocycles. The Hall–Kier alpha value is -1.57. The van der Waals surface area contributed by atoms with Crippen LogP contribution in [0.2, 0.25) is 0 Å². The zero-order valence-corrected chi connectivity index (χ0v) is 17.2. The third kappa shape index (κ3) is 9.22. The Labute approximate surface area is 177 Å². The number of carbonyl (C=O) groups is 3. The summed E-state index contributed by atoms with van der Waals surface area (Å²) in [6.45, 7) is 0.545. The molecule has 0 spiro atoms. The van der Waals surface area contributed by atoms with Crippen LogP contribution in [0.5, 0.6) is 0 Å². The van der Waals surface area contributed by atoms with Crippen molar-refractivity contribution in [3.05, 3.63) is 35.9 Å². The number of carbonyl (C=O) groups excluding carboxylic acids is 3. The third-order valence-corrected chi connectivity index (χ3v) is 4.00. The number of nitrogens with two attached hydrogens (primary N) is 1. The fourth-order valence-electron chi connectivity index (χ4n) is 2.39. The molecule has 26 heavy (non-hydrogen) atoms. The summed E-state index contributed by atoms with van der Waals surface area (Å²) < 4.78 is 5.09. The fraction of sp³-hybridized carbons (Fsp3) is 0.500. The molecule has 7 nitrogen and oxygen atoms in total. The molecule has 1 aromatic carbocycles. The van der Waals surface area contributed by atoms with Crippen LogP contribution >= 0.6 is 0 Å². The Morgan fingerprint density at radius 1 is 1.23 bits per heavy atom. The maximum absolute atomic E-state index is 11.8. The summed E-state index contributed by atoms with van der Waals surface area (Å²) in [7, 11) is 0. The van der Waals surface area contributed by atoms with Crippen molar-refractivity contribution in [1.82, 2.24) is 10.6 Å². The molecule has 1 aliphatic carbocycles. The second-order valence-electron chi connectivity index (χ2n) is 6.30. The Balaban J connectivity index is 0.00000338. The van der Waals surface area contributed by atoms with E-state index in [1.54, 1.807) is 0 Å². The molecule has 0 bridgehead atoms. The van der Waals surface area contributed by atoms with E-state index in [4.69, 9.17) is 10.5 Å². The monoisotopic (exact) mass is 371 g/mol. The van der Waals surface area contributed by atoms with Gasteiger partial charge in [-0.1, -0.05) is 30.3 Å². The van der Waals surface area contributed by atoms with Gasteiger partial charge in [-0.3, -0.25) is 9.59 Å². The van der Waals surface area contributed by atoms with Crippen LogP contribution in [0.15, 0.2) is 30.3 Å². The summed E-state index contributed by atoms with van der Waals surface area (Å²) in [5, 5.41) is 5.28. The molecular weight excluding hydrogens is 345 g/mol. The minimum atomic E-state index is -0.701. The molecule has 0 radical (unpaired) electrons. The number of primary amides is 1. The third-order valence-electron chi connectivity index (χ3n) is 4.00. The molecule has 4 N–H and O–H groups in total. The molecule has 1 aromatic rings. The van der Waals surface area contributed by atoms with E-state index in [2.05, 4.69) is 10.6 Å². The Bertz CT molecular complexity index is 600. The van der Waals surface area contributed by atoms with Gasteiger partial charge in [-0.05, 0) is 37.2 Å². The van der Waals surface area contributed by atoms with Crippen molar-refractivity contribution in [2.75, 3.05) is 6.54 Å². The van der Waals surface area contributed by atoms with Crippen molar-refractivity contribution >= 4 is 17.9 Å². The van der Waals surface area contributed by atoms with Crippen LogP contribution in [0.4, 0.5) is 4.79 Å². The largest absolute Gasteiger partial charge is 1.00 e. The van der Waals surface area contributed by atoms with Crippen molar-refractivity contribution in [2.24, 2.45) is 11.7 Å². The second-order valence-corrected chi connectivity index (χ2v) is 6.30. The van der Waals surface area contributed by atoms with Gasteiger partial charge in [-0.25, -0.2) is 4.79 Å². The van der Waals surface area contributed by atoms with E-state index >= 15 is 0 Å². The molecule has 1 fully saturated rings. The first-order valence-corrected chi connectivity index (χ1v) is 8.58.